The summed E-state index contributed by atoms with van der Waals surface area (Å²) in [6, 6.07) is 18.3. The van der Waals surface area contributed by atoms with Crippen LogP contribution in [0.5, 0.6) is 0 Å². The van der Waals surface area contributed by atoms with Crippen molar-refractivity contribution in [2.45, 2.75) is 51.6 Å². The number of aryl methyl sites for hydroxylation is 1. The molecule has 1 saturated heterocycles. The number of nitriles is 1. The van der Waals surface area contributed by atoms with Crippen LogP contribution < -0.4 is 4.90 Å². The molecule has 0 saturated carbocycles. The standard InChI is InChI=1S/C27H31N5O.2ClH/c1-3-4-8-23-17-32(25-9-6-5-7-20(25)2)27(33)18-31(23)26(24-16-29-19-30-24)14-21-10-12-22(15-28)13-11-21;;/h5-7,9-13,16,19,23,26H,3-4,8,14,17-18H2,1-2H3,(H,29,30);2*1H. The minimum absolute atomic E-state index is 0. The van der Waals surface area contributed by atoms with E-state index in [-0.39, 0.29) is 42.8 Å². The van der Waals surface area contributed by atoms with Crippen molar-refractivity contribution < 1.29 is 4.79 Å². The van der Waals surface area contributed by atoms with Gasteiger partial charge in [0.25, 0.3) is 0 Å². The lowest BCUT2D eigenvalue weighted by atomic mass is 9.95. The fourth-order valence-electron chi connectivity index (χ4n) is 4.74. The van der Waals surface area contributed by atoms with Gasteiger partial charge in [0.05, 0.1) is 36.2 Å². The van der Waals surface area contributed by atoms with Crippen molar-refractivity contribution >= 4 is 36.4 Å². The van der Waals surface area contributed by atoms with Crippen LogP contribution in [-0.2, 0) is 11.2 Å². The summed E-state index contributed by atoms with van der Waals surface area (Å²) in [4.78, 5) is 25.3. The predicted octanol–water partition coefficient (Wildman–Crippen LogP) is 5.62. The lowest BCUT2D eigenvalue weighted by Crippen LogP contribution is -2.57. The van der Waals surface area contributed by atoms with E-state index in [1.54, 1.807) is 6.33 Å². The maximum absolute atomic E-state index is 13.4. The zero-order valence-electron chi connectivity index (χ0n) is 20.2. The summed E-state index contributed by atoms with van der Waals surface area (Å²) in [6.45, 7) is 5.32. The highest BCUT2D eigenvalue weighted by molar-refractivity contribution is 5.96. The molecule has 1 amide bonds. The van der Waals surface area contributed by atoms with E-state index in [2.05, 4.69) is 40.9 Å². The van der Waals surface area contributed by atoms with Gasteiger partial charge >= 0.3 is 0 Å². The zero-order valence-corrected chi connectivity index (χ0v) is 21.8. The van der Waals surface area contributed by atoms with Crippen LogP contribution in [0.25, 0.3) is 0 Å². The van der Waals surface area contributed by atoms with Gasteiger partial charge in [-0.15, -0.1) is 24.8 Å². The number of hydrogen-bond donors (Lipinski definition) is 1. The average molecular weight is 515 g/mol. The summed E-state index contributed by atoms with van der Waals surface area (Å²) in [5.41, 5.74) is 4.93. The van der Waals surface area contributed by atoms with E-state index in [0.29, 0.717) is 18.7 Å². The molecule has 186 valence electrons. The number of imidazole rings is 1. The predicted molar refractivity (Wildman–Crippen MR) is 144 cm³/mol. The first kappa shape index (κ1) is 28.4. The molecule has 2 unspecified atom stereocenters. The second kappa shape index (κ2) is 13.3. The number of hydrogen-bond acceptors (Lipinski definition) is 4. The summed E-state index contributed by atoms with van der Waals surface area (Å²) in [5.74, 6) is 0.126. The minimum Gasteiger partial charge on any atom is -0.347 e. The van der Waals surface area contributed by atoms with E-state index in [1.807, 2.05) is 53.6 Å². The Kier molecular flexibility index (Phi) is 10.8. The van der Waals surface area contributed by atoms with Crippen LogP contribution in [-0.4, -0.2) is 39.9 Å². The van der Waals surface area contributed by atoms with Gasteiger partial charge in [-0.1, -0.05) is 50.1 Å². The van der Waals surface area contributed by atoms with Gasteiger partial charge in [0.1, 0.15) is 0 Å². The van der Waals surface area contributed by atoms with E-state index >= 15 is 0 Å². The Morgan fingerprint density at radius 2 is 1.91 bits per heavy atom. The number of unbranched alkanes of at least 4 members (excludes halogenated alkanes) is 1. The summed E-state index contributed by atoms with van der Waals surface area (Å²) in [7, 11) is 0. The number of carbonyl (C=O) groups is 1. The molecule has 3 aromatic rings. The highest BCUT2D eigenvalue weighted by atomic mass is 35.5. The largest absolute Gasteiger partial charge is 0.347 e. The smallest absolute Gasteiger partial charge is 0.241 e. The third-order valence-electron chi connectivity index (χ3n) is 6.57. The summed E-state index contributed by atoms with van der Waals surface area (Å²) in [5, 5.41) is 9.14. The van der Waals surface area contributed by atoms with Gasteiger partial charge < -0.3 is 9.88 Å². The average Bonchev–Trinajstić information content (AvgIpc) is 3.37. The van der Waals surface area contributed by atoms with Crippen LogP contribution in [0.2, 0.25) is 0 Å². The van der Waals surface area contributed by atoms with Gasteiger partial charge in [-0.3, -0.25) is 9.69 Å². The van der Waals surface area contributed by atoms with Crippen LogP contribution in [0.4, 0.5) is 5.69 Å². The Labute approximate surface area is 220 Å². The van der Waals surface area contributed by atoms with Crippen LogP contribution in [0.3, 0.4) is 0 Å². The molecule has 2 heterocycles. The molecule has 6 nitrogen and oxygen atoms in total. The van der Waals surface area contributed by atoms with Crippen LogP contribution in [0, 0.1) is 18.3 Å². The van der Waals surface area contributed by atoms with Gasteiger partial charge in [0.15, 0.2) is 0 Å². The first-order chi connectivity index (χ1) is 16.1. The zero-order chi connectivity index (χ0) is 23.2. The number of benzene rings is 2. The maximum atomic E-state index is 13.4. The fourth-order valence-corrected chi connectivity index (χ4v) is 4.74. The minimum atomic E-state index is 0. The highest BCUT2D eigenvalue weighted by Gasteiger charge is 2.37. The number of H-pyrrole nitrogens is 1. The second-order valence-electron chi connectivity index (χ2n) is 8.79. The van der Waals surface area contributed by atoms with Crippen molar-refractivity contribution in [3.8, 4) is 6.07 Å². The molecule has 8 heteroatoms. The van der Waals surface area contributed by atoms with Crippen molar-refractivity contribution in [2.75, 3.05) is 18.0 Å². The molecule has 1 aromatic heterocycles. The van der Waals surface area contributed by atoms with E-state index < -0.39 is 0 Å². The molecule has 1 aliphatic rings. The van der Waals surface area contributed by atoms with E-state index in [1.165, 1.54) is 0 Å². The maximum Gasteiger partial charge on any atom is 0.241 e. The van der Waals surface area contributed by atoms with Crippen molar-refractivity contribution in [3.63, 3.8) is 0 Å². The van der Waals surface area contributed by atoms with Crippen LogP contribution in [0.1, 0.15) is 54.6 Å². The molecule has 0 spiro atoms. The van der Waals surface area contributed by atoms with Crippen molar-refractivity contribution in [3.05, 3.63) is 83.4 Å². The Morgan fingerprint density at radius 1 is 1.17 bits per heavy atom. The third kappa shape index (κ3) is 6.64. The SMILES string of the molecule is CCCCC1CN(c2ccccc2C)C(=O)CN1C(Cc1ccc(C#N)cc1)c1cnc[nH]1.Cl.Cl. The lowest BCUT2D eigenvalue weighted by Gasteiger charge is -2.45. The number of halogens is 2. The normalized spacial score (nSPS) is 16.7. The molecule has 35 heavy (non-hydrogen) atoms. The number of anilines is 1. The van der Waals surface area contributed by atoms with E-state index in [4.69, 9.17) is 5.26 Å². The first-order valence-corrected chi connectivity index (χ1v) is 11.7. The number of nitrogens with one attached hydrogen (secondary N) is 1. The van der Waals surface area contributed by atoms with Gasteiger partial charge in [-0.05, 0) is 49.1 Å². The molecule has 0 radical (unpaired) electrons. The summed E-state index contributed by atoms with van der Waals surface area (Å²) >= 11 is 0. The third-order valence-corrected chi connectivity index (χ3v) is 6.57. The summed E-state index contributed by atoms with van der Waals surface area (Å²) in [6.07, 6.45) is 7.58. The van der Waals surface area contributed by atoms with Crippen LogP contribution >= 0.6 is 24.8 Å². The monoisotopic (exact) mass is 513 g/mol. The Hall–Kier alpha value is -2.85. The van der Waals surface area contributed by atoms with Gasteiger partial charge in [0.2, 0.25) is 5.91 Å². The number of carbonyl (C=O) groups excluding carboxylic acids is 1. The Morgan fingerprint density at radius 3 is 2.54 bits per heavy atom. The number of piperazine rings is 1. The lowest BCUT2D eigenvalue weighted by molar-refractivity contribution is -0.123. The quantitative estimate of drug-likeness (QED) is 0.423. The molecule has 2 aromatic carbocycles. The highest BCUT2D eigenvalue weighted by Crippen LogP contribution is 2.32. The van der Waals surface area contributed by atoms with Gasteiger partial charge in [0, 0.05) is 24.5 Å². The number of nitrogens with zero attached hydrogens (tertiary/aromatic N) is 4. The molecule has 2 atom stereocenters. The number of para-hydroxylation sites is 1. The van der Waals surface area contributed by atoms with Crippen molar-refractivity contribution in [2.24, 2.45) is 0 Å². The van der Waals surface area contributed by atoms with Crippen molar-refractivity contribution in [1.29, 1.82) is 5.26 Å². The van der Waals surface area contributed by atoms with Crippen LogP contribution in [0.15, 0.2) is 61.1 Å². The molecule has 1 N–H and O–H groups in total. The molecule has 1 aliphatic heterocycles. The molecular weight excluding hydrogens is 481 g/mol. The number of rotatable bonds is 8. The number of amides is 1. The Balaban J connectivity index is 0.00000216. The van der Waals surface area contributed by atoms with Gasteiger partial charge in [-0.25, -0.2) is 4.98 Å². The fraction of sp³-hybridized carbons (Fsp3) is 0.370. The number of aromatic nitrogens is 2. The van der Waals surface area contributed by atoms with E-state index in [0.717, 1.165) is 48.2 Å². The second-order valence-corrected chi connectivity index (χ2v) is 8.79. The molecule has 0 bridgehead atoms. The molecule has 1 fully saturated rings. The molecular formula is C27H33Cl2N5O. The molecule has 0 aliphatic carbocycles. The van der Waals surface area contributed by atoms with Gasteiger partial charge in [-0.2, -0.15) is 5.26 Å². The Bertz CT molecular complexity index is 1110. The first-order valence-electron chi connectivity index (χ1n) is 11.7. The van der Waals surface area contributed by atoms with Crippen molar-refractivity contribution in [1.82, 2.24) is 14.9 Å². The van der Waals surface area contributed by atoms with E-state index in [9.17, 15) is 4.79 Å². The topological polar surface area (TPSA) is 76.0 Å². The number of aromatic amines is 1. The summed E-state index contributed by atoms with van der Waals surface area (Å²) < 4.78 is 0. The molecule has 4 rings (SSSR count).